The van der Waals surface area contributed by atoms with Gasteiger partial charge in [0.15, 0.2) is 0 Å². The standard InChI is InChI=1S/C20H22N4O2/c1-14-4-2-3-5-18(14)23-8-10-24(11-9-23)19-12-15-6-7-21-20(25)16(15)13-17(19)22-26/h2-7,12-13,22,26H,8-11H2,1H3,(H,21,25). The van der Waals surface area contributed by atoms with Crippen LogP contribution in [0.25, 0.3) is 10.8 Å². The number of rotatable bonds is 3. The molecule has 2 heterocycles. The molecule has 26 heavy (non-hydrogen) atoms. The molecule has 1 aliphatic heterocycles. The molecule has 134 valence electrons. The van der Waals surface area contributed by atoms with Crippen molar-refractivity contribution in [3.05, 3.63) is 64.6 Å². The van der Waals surface area contributed by atoms with E-state index in [9.17, 15) is 10.0 Å². The van der Waals surface area contributed by atoms with Crippen LogP contribution in [0.15, 0.2) is 53.5 Å². The zero-order chi connectivity index (χ0) is 18.1. The van der Waals surface area contributed by atoms with E-state index in [2.05, 4.69) is 51.5 Å². The number of nitrogens with one attached hydrogen (secondary N) is 2. The molecule has 0 atom stereocenters. The highest BCUT2D eigenvalue weighted by Crippen LogP contribution is 2.31. The Morgan fingerprint density at radius 1 is 1.00 bits per heavy atom. The summed E-state index contributed by atoms with van der Waals surface area (Å²) in [5.74, 6) is 0. The summed E-state index contributed by atoms with van der Waals surface area (Å²) in [6.45, 7) is 5.64. The highest BCUT2D eigenvalue weighted by molar-refractivity contribution is 5.91. The minimum absolute atomic E-state index is 0.157. The van der Waals surface area contributed by atoms with Gasteiger partial charge < -0.3 is 14.8 Å². The van der Waals surface area contributed by atoms with Crippen molar-refractivity contribution in [2.75, 3.05) is 41.5 Å². The summed E-state index contributed by atoms with van der Waals surface area (Å²) in [5, 5.41) is 11.0. The summed E-state index contributed by atoms with van der Waals surface area (Å²) < 4.78 is 0. The van der Waals surface area contributed by atoms with Crippen molar-refractivity contribution in [1.29, 1.82) is 0 Å². The van der Waals surface area contributed by atoms with Crippen molar-refractivity contribution in [2.45, 2.75) is 6.92 Å². The quantitative estimate of drug-likeness (QED) is 0.634. The predicted octanol–water partition coefficient (Wildman–Crippen LogP) is 2.96. The van der Waals surface area contributed by atoms with E-state index >= 15 is 0 Å². The van der Waals surface area contributed by atoms with Crippen LogP contribution in [0, 0.1) is 6.92 Å². The lowest BCUT2D eigenvalue weighted by molar-refractivity contribution is 0.389. The maximum absolute atomic E-state index is 12.0. The fourth-order valence-corrected chi connectivity index (χ4v) is 3.68. The molecule has 0 unspecified atom stereocenters. The van der Waals surface area contributed by atoms with Crippen molar-refractivity contribution >= 4 is 27.8 Å². The number of aromatic nitrogens is 1. The molecule has 0 bridgehead atoms. The Morgan fingerprint density at radius 3 is 2.38 bits per heavy atom. The Hall–Kier alpha value is -2.99. The molecule has 1 aliphatic rings. The minimum Gasteiger partial charge on any atom is -0.368 e. The molecular weight excluding hydrogens is 328 g/mol. The molecule has 3 aromatic rings. The number of fused-ring (bicyclic) bond motifs is 1. The molecule has 3 N–H and O–H groups in total. The zero-order valence-corrected chi connectivity index (χ0v) is 14.7. The third kappa shape index (κ3) is 2.88. The first-order valence-corrected chi connectivity index (χ1v) is 8.78. The fourth-order valence-electron chi connectivity index (χ4n) is 3.68. The van der Waals surface area contributed by atoms with E-state index < -0.39 is 0 Å². The molecular formula is C20H22N4O2. The Morgan fingerprint density at radius 2 is 1.69 bits per heavy atom. The van der Waals surface area contributed by atoms with E-state index in [4.69, 9.17) is 0 Å². The monoisotopic (exact) mass is 350 g/mol. The summed E-state index contributed by atoms with van der Waals surface area (Å²) in [4.78, 5) is 19.3. The first-order chi connectivity index (χ1) is 12.7. The molecule has 1 saturated heterocycles. The predicted molar refractivity (Wildman–Crippen MR) is 106 cm³/mol. The minimum atomic E-state index is -0.157. The van der Waals surface area contributed by atoms with Crippen molar-refractivity contribution in [3.63, 3.8) is 0 Å². The number of para-hydroxylation sites is 1. The maximum Gasteiger partial charge on any atom is 0.255 e. The average Bonchev–Trinajstić information content (AvgIpc) is 2.68. The molecule has 0 saturated carbocycles. The van der Waals surface area contributed by atoms with Gasteiger partial charge in [-0.25, -0.2) is 0 Å². The van der Waals surface area contributed by atoms with Gasteiger partial charge in [0.05, 0.1) is 11.4 Å². The number of aromatic amines is 1. The van der Waals surface area contributed by atoms with Crippen molar-refractivity contribution in [3.8, 4) is 0 Å². The summed E-state index contributed by atoms with van der Waals surface area (Å²) in [5.41, 5.74) is 6.12. The molecule has 0 aliphatic carbocycles. The molecule has 6 heteroatoms. The number of hydrogen-bond acceptors (Lipinski definition) is 5. The van der Waals surface area contributed by atoms with Crippen molar-refractivity contribution < 1.29 is 5.21 Å². The van der Waals surface area contributed by atoms with E-state index in [1.54, 1.807) is 12.3 Å². The van der Waals surface area contributed by atoms with E-state index in [-0.39, 0.29) is 5.56 Å². The Balaban J connectivity index is 1.61. The zero-order valence-electron chi connectivity index (χ0n) is 14.7. The van der Waals surface area contributed by atoms with Gasteiger partial charge in [0.2, 0.25) is 0 Å². The largest absolute Gasteiger partial charge is 0.368 e. The normalized spacial score (nSPS) is 14.7. The number of piperazine rings is 1. The van der Waals surface area contributed by atoms with Crippen LogP contribution in [0.5, 0.6) is 0 Å². The fraction of sp³-hybridized carbons (Fsp3) is 0.250. The molecule has 6 nitrogen and oxygen atoms in total. The summed E-state index contributed by atoms with van der Waals surface area (Å²) in [6, 6.07) is 14.0. The van der Waals surface area contributed by atoms with Crippen LogP contribution >= 0.6 is 0 Å². The maximum atomic E-state index is 12.0. The second kappa shape index (κ2) is 6.72. The second-order valence-electron chi connectivity index (χ2n) is 6.64. The first kappa shape index (κ1) is 16.5. The van der Waals surface area contributed by atoms with Crippen LogP contribution < -0.4 is 20.8 Å². The highest BCUT2D eigenvalue weighted by Gasteiger charge is 2.21. The molecule has 0 spiro atoms. The van der Waals surface area contributed by atoms with Gasteiger partial charge in [0.25, 0.3) is 5.56 Å². The third-order valence-electron chi connectivity index (χ3n) is 5.09. The van der Waals surface area contributed by atoms with Crippen molar-refractivity contribution in [2.24, 2.45) is 0 Å². The molecule has 0 radical (unpaired) electrons. The number of aryl methyl sites for hydroxylation is 1. The number of H-pyrrole nitrogens is 1. The molecule has 0 amide bonds. The van der Waals surface area contributed by atoms with Gasteiger partial charge in [-0.05, 0) is 42.1 Å². The number of benzene rings is 2. The number of pyridine rings is 1. The number of anilines is 3. The Kier molecular flexibility index (Phi) is 4.26. The van der Waals surface area contributed by atoms with Gasteiger partial charge >= 0.3 is 0 Å². The second-order valence-corrected chi connectivity index (χ2v) is 6.64. The molecule has 2 aromatic carbocycles. The summed E-state index contributed by atoms with van der Waals surface area (Å²) in [7, 11) is 0. The third-order valence-corrected chi connectivity index (χ3v) is 5.09. The van der Waals surface area contributed by atoms with Gasteiger partial charge in [-0.1, -0.05) is 18.2 Å². The molecule has 1 aromatic heterocycles. The Labute approximate surface area is 151 Å². The van der Waals surface area contributed by atoms with Gasteiger partial charge in [0, 0.05) is 43.4 Å². The van der Waals surface area contributed by atoms with E-state index in [1.807, 2.05) is 12.1 Å². The van der Waals surface area contributed by atoms with Gasteiger partial charge in [-0.2, -0.15) is 0 Å². The van der Waals surface area contributed by atoms with Gasteiger partial charge in [0.1, 0.15) is 0 Å². The summed E-state index contributed by atoms with van der Waals surface area (Å²) >= 11 is 0. The van der Waals surface area contributed by atoms with Crippen LogP contribution in [0.2, 0.25) is 0 Å². The molecule has 4 rings (SSSR count). The van der Waals surface area contributed by atoms with E-state index in [1.165, 1.54) is 11.3 Å². The smallest absolute Gasteiger partial charge is 0.255 e. The highest BCUT2D eigenvalue weighted by atomic mass is 16.5. The SMILES string of the molecule is Cc1ccccc1N1CCN(c2cc3cc[nH]c(=O)c3cc2NO)CC1. The van der Waals surface area contributed by atoms with Crippen molar-refractivity contribution in [1.82, 2.24) is 4.98 Å². The lowest BCUT2D eigenvalue weighted by Crippen LogP contribution is -2.47. The van der Waals surface area contributed by atoms with Crippen LogP contribution in [0.4, 0.5) is 17.1 Å². The van der Waals surface area contributed by atoms with Crippen LogP contribution in [-0.2, 0) is 0 Å². The Bertz CT molecular complexity index is 991. The van der Waals surface area contributed by atoms with E-state index in [0.717, 1.165) is 37.3 Å². The topological polar surface area (TPSA) is 71.6 Å². The van der Waals surface area contributed by atoms with E-state index in [0.29, 0.717) is 11.1 Å². The average molecular weight is 350 g/mol. The number of nitrogens with zero attached hydrogens (tertiary/aromatic N) is 2. The van der Waals surface area contributed by atoms with Crippen LogP contribution in [-0.4, -0.2) is 36.4 Å². The van der Waals surface area contributed by atoms with Crippen LogP contribution in [0.1, 0.15) is 5.56 Å². The lowest BCUT2D eigenvalue weighted by atomic mass is 10.1. The van der Waals surface area contributed by atoms with Gasteiger partial charge in [-0.3, -0.25) is 15.5 Å². The first-order valence-electron chi connectivity index (χ1n) is 8.78. The van der Waals surface area contributed by atoms with Gasteiger partial charge in [-0.15, -0.1) is 0 Å². The number of hydrogen-bond donors (Lipinski definition) is 3. The summed E-state index contributed by atoms with van der Waals surface area (Å²) in [6.07, 6.45) is 1.65. The van der Waals surface area contributed by atoms with Crippen LogP contribution in [0.3, 0.4) is 0 Å². The lowest BCUT2D eigenvalue weighted by Gasteiger charge is -2.38. The molecule has 1 fully saturated rings.